The van der Waals surface area contributed by atoms with Gasteiger partial charge in [0.2, 0.25) is 0 Å². The molecular formula is C16H27NOS. The average Bonchev–Trinajstić information content (AvgIpc) is 2.93. The van der Waals surface area contributed by atoms with Crippen LogP contribution in [0, 0.1) is 5.92 Å². The van der Waals surface area contributed by atoms with E-state index in [2.05, 4.69) is 29.8 Å². The number of ether oxygens (including phenoxy) is 1. The molecule has 1 N–H and O–H groups in total. The Labute approximate surface area is 121 Å². The van der Waals surface area contributed by atoms with E-state index in [9.17, 15) is 0 Å². The van der Waals surface area contributed by atoms with E-state index in [0.29, 0.717) is 6.04 Å². The van der Waals surface area contributed by atoms with Gasteiger partial charge in [0.15, 0.2) is 0 Å². The molecule has 0 spiro atoms. The fourth-order valence-corrected chi connectivity index (χ4v) is 3.71. The number of aryl methyl sites for hydroxylation is 1. The summed E-state index contributed by atoms with van der Waals surface area (Å²) >= 11 is 1.89. The van der Waals surface area contributed by atoms with Gasteiger partial charge in [0, 0.05) is 24.1 Å². The van der Waals surface area contributed by atoms with Gasteiger partial charge >= 0.3 is 0 Å². The van der Waals surface area contributed by atoms with Crippen LogP contribution in [0.2, 0.25) is 0 Å². The summed E-state index contributed by atoms with van der Waals surface area (Å²) in [5, 5.41) is 5.85. The van der Waals surface area contributed by atoms with Crippen LogP contribution < -0.4 is 5.32 Å². The van der Waals surface area contributed by atoms with Gasteiger partial charge in [-0.05, 0) is 62.4 Å². The van der Waals surface area contributed by atoms with Crippen LogP contribution in [0.4, 0.5) is 0 Å². The van der Waals surface area contributed by atoms with Crippen molar-refractivity contribution in [2.24, 2.45) is 5.92 Å². The molecule has 108 valence electrons. The zero-order valence-electron chi connectivity index (χ0n) is 12.1. The van der Waals surface area contributed by atoms with Crippen molar-refractivity contribution in [3.63, 3.8) is 0 Å². The highest BCUT2D eigenvalue weighted by molar-refractivity contribution is 7.09. The second kappa shape index (κ2) is 8.72. The molecule has 0 aliphatic carbocycles. The van der Waals surface area contributed by atoms with E-state index in [1.807, 2.05) is 11.3 Å². The molecule has 0 aromatic carbocycles. The van der Waals surface area contributed by atoms with Crippen molar-refractivity contribution >= 4 is 11.3 Å². The van der Waals surface area contributed by atoms with E-state index in [-0.39, 0.29) is 0 Å². The summed E-state index contributed by atoms with van der Waals surface area (Å²) in [5.74, 6) is 0.875. The molecule has 1 aromatic heterocycles. The second-order valence-electron chi connectivity index (χ2n) is 5.52. The van der Waals surface area contributed by atoms with Crippen LogP contribution in [0.25, 0.3) is 0 Å². The number of rotatable bonds is 8. The Bertz CT molecular complexity index is 319. The molecule has 1 fully saturated rings. The lowest BCUT2D eigenvalue weighted by atomic mass is 9.90. The van der Waals surface area contributed by atoms with Crippen molar-refractivity contribution in [2.45, 2.75) is 51.5 Å². The third kappa shape index (κ3) is 5.64. The Morgan fingerprint density at radius 3 is 2.95 bits per heavy atom. The predicted octanol–water partition coefficient (Wildman–Crippen LogP) is 3.87. The Balaban J connectivity index is 1.68. The predicted molar refractivity (Wildman–Crippen MR) is 82.9 cm³/mol. The highest BCUT2D eigenvalue weighted by atomic mass is 32.1. The Hall–Kier alpha value is -0.380. The van der Waals surface area contributed by atoms with E-state index in [1.165, 1.54) is 43.4 Å². The van der Waals surface area contributed by atoms with E-state index < -0.39 is 0 Å². The summed E-state index contributed by atoms with van der Waals surface area (Å²) in [4.78, 5) is 1.53. The lowest BCUT2D eigenvalue weighted by Crippen LogP contribution is -2.32. The normalized spacial score (nSPS) is 18.6. The third-order valence-electron chi connectivity index (χ3n) is 4.01. The quantitative estimate of drug-likeness (QED) is 0.781. The third-order valence-corrected chi connectivity index (χ3v) is 4.94. The summed E-state index contributed by atoms with van der Waals surface area (Å²) < 4.78 is 5.45. The molecule has 1 aromatic rings. The van der Waals surface area contributed by atoms with Crippen LogP contribution in [0.1, 0.15) is 43.9 Å². The zero-order valence-corrected chi connectivity index (χ0v) is 12.9. The molecule has 19 heavy (non-hydrogen) atoms. The smallest absolute Gasteiger partial charge is 0.0468 e. The van der Waals surface area contributed by atoms with Crippen LogP contribution in [0.5, 0.6) is 0 Å². The SMILES string of the molecule is CCNC(CCCc1cccs1)CC1CCOCC1. The topological polar surface area (TPSA) is 21.3 Å². The maximum atomic E-state index is 5.45. The van der Waals surface area contributed by atoms with E-state index >= 15 is 0 Å². The van der Waals surface area contributed by atoms with Gasteiger partial charge in [-0.1, -0.05) is 13.0 Å². The van der Waals surface area contributed by atoms with Crippen molar-refractivity contribution in [3.05, 3.63) is 22.4 Å². The lowest BCUT2D eigenvalue weighted by Gasteiger charge is -2.27. The van der Waals surface area contributed by atoms with Crippen LogP contribution in [-0.4, -0.2) is 25.8 Å². The largest absolute Gasteiger partial charge is 0.381 e. The number of thiophene rings is 1. The van der Waals surface area contributed by atoms with Gasteiger partial charge in [-0.3, -0.25) is 0 Å². The van der Waals surface area contributed by atoms with Gasteiger partial charge in [-0.15, -0.1) is 11.3 Å². The maximum absolute atomic E-state index is 5.45. The molecular weight excluding hydrogens is 254 g/mol. The summed E-state index contributed by atoms with van der Waals surface area (Å²) in [5.41, 5.74) is 0. The molecule has 1 unspecified atom stereocenters. The molecule has 2 heterocycles. The molecule has 1 atom stereocenters. The van der Waals surface area contributed by atoms with Gasteiger partial charge in [0.1, 0.15) is 0 Å². The highest BCUT2D eigenvalue weighted by Gasteiger charge is 2.18. The lowest BCUT2D eigenvalue weighted by molar-refractivity contribution is 0.0602. The molecule has 0 amide bonds. The zero-order chi connectivity index (χ0) is 13.3. The summed E-state index contributed by atoms with van der Waals surface area (Å²) in [6, 6.07) is 5.11. The molecule has 1 aliphatic rings. The van der Waals surface area contributed by atoms with Crippen molar-refractivity contribution in [2.75, 3.05) is 19.8 Å². The number of nitrogens with one attached hydrogen (secondary N) is 1. The first-order valence-corrected chi connectivity index (χ1v) is 8.60. The first kappa shape index (κ1) is 15.0. The fourth-order valence-electron chi connectivity index (χ4n) is 2.95. The van der Waals surface area contributed by atoms with Crippen molar-refractivity contribution in [3.8, 4) is 0 Å². The van der Waals surface area contributed by atoms with Gasteiger partial charge in [0.05, 0.1) is 0 Å². The standard InChI is InChI=1S/C16H27NOS/c1-2-17-15(13-14-8-10-18-11-9-14)5-3-6-16-7-4-12-19-16/h4,7,12,14-15,17H,2-3,5-6,8-11,13H2,1H3. The van der Waals surface area contributed by atoms with Gasteiger partial charge in [-0.2, -0.15) is 0 Å². The Morgan fingerprint density at radius 2 is 2.26 bits per heavy atom. The monoisotopic (exact) mass is 281 g/mol. The molecule has 2 nitrogen and oxygen atoms in total. The molecule has 1 saturated heterocycles. The first-order valence-electron chi connectivity index (χ1n) is 7.72. The van der Waals surface area contributed by atoms with E-state index in [0.717, 1.165) is 25.7 Å². The molecule has 3 heteroatoms. The summed E-state index contributed by atoms with van der Waals surface area (Å²) in [7, 11) is 0. The minimum atomic E-state index is 0.702. The van der Waals surface area contributed by atoms with E-state index in [4.69, 9.17) is 4.74 Å². The van der Waals surface area contributed by atoms with Crippen molar-refractivity contribution in [1.29, 1.82) is 0 Å². The minimum Gasteiger partial charge on any atom is -0.381 e. The second-order valence-corrected chi connectivity index (χ2v) is 6.55. The number of hydrogen-bond donors (Lipinski definition) is 1. The highest BCUT2D eigenvalue weighted by Crippen LogP contribution is 2.22. The van der Waals surface area contributed by atoms with Crippen molar-refractivity contribution in [1.82, 2.24) is 5.32 Å². The average molecular weight is 281 g/mol. The maximum Gasteiger partial charge on any atom is 0.0468 e. The number of hydrogen-bond acceptors (Lipinski definition) is 3. The van der Waals surface area contributed by atoms with Gasteiger partial charge in [-0.25, -0.2) is 0 Å². The van der Waals surface area contributed by atoms with E-state index in [1.54, 1.807) is 0 Å². The first-order chi connectivity index (χ1) is 9.38. The van der Waals surface area contributed by atoms with Crippen molar-refractivity contribution < 1.29 is 4.74 Å². The van der Waals surface area contributed by atoms with Crippen LogP contribution in [-0.2, 0) is 11.2 Å². The summed E-state index contributed by atoms with van der Waals surface area (Å²) in [6.45, 7) is 5.25. The minimum absolute atomic E-state index is 0.702. The fraction of sp³-hybridized carbons (Fsp3) is 0.750. The van der Waals surface area contributed by atoms with Crippen LogP contribution in [0.3, 0.4) is 0 Å². The molecule has 2 rings (SSSR count). The summed E-state index contributed by atoms with van der Waals surface area (Å²) in [6.07, 6.45) is 7.71. The Morgan fingerprint density at radius 1 is 1.42 bits per heavy atom. The van der Waals surface area contributed by atoms with Gasteiger partial charge < -0.3 is 10.1 Å². The molecule has 1 aliphatic heterocycles. The van der Waals surface area contributed by atoms with Gasteiger partial charge in [0.25, 0.3) is 0 Å². The molecule has 0 saturated carbocycles. The molecule has 0 bridgehead atoms. The van der Waals surface area contributed by atoms with Crippen LogP contribution in [0.15, 0.2) is 17.5 Å². The molecule has 0 radical (unpaired) electrons. The Kier molecular flexibility index (Phi) is 6.90. The van der Waals surface area contributed by atoms with Crippen LogP contribution >= 0.6 is 11.3 Å².